The third kappa shape index (κ3) is 2.88. The summed E-state index contributed by atoms with van der Waals surface area (Å²) in [6.07, 6.45) is 4.17. The van der Waals surface area contributed by atoms with Crippen molar-refractivity contribution in [3.05, 3.63) is 33.1 Å². The highest BCUT2D eigenvalue weighted by Gasteiger charge is 2.31. The highest BCUT2D eigenvalue weighted by Crippen LogP contribution is 2.36. The van der Waals surface area contributed by atoms with E-state index in [0.717, 1.165) is 16.8 Å². The Balaban J connectivity index is 1.91. The molecular weight excluding hydrogens is 326 g/mol. The van der Waals surface area contributed by atoms with E-state index in [1.165, 1.54) is 17.7 Å². The lowest BCUT2D eigenvalue weighted by molar-refractivity contribution is 0.780. The summed E-state index contributed by atoms with van der Waals surface area (Å²) in [5.74, 6) is 6.73. The van der Waals surface area contributed by atoms with Gasteiger partial charge in [-0.2, -0.15) is 4.98 Å². The van der Waals surface area contributed by atoms with Crippen LogP contribution in [0.2, 0.25) is 0 Å². The first-order valence-corrected chi connectivity index (χ1v) is 7.73. The van der Waals surface area contributed by atoms with E-state index in [4.69, 9.17) is 5.84 Å². The van der Waals surface area contributed by atoms with Gasteiger partial charge in [-0.25, -0.2) is 10.8 Å². The average molecular weight is 340 g/mol. The van der Waals surface area contributed by atoms with Gasteiger partial charge in [0.25, 0.3) is 0 Å². The van der Waals surface area contributed by atoms with Gasteiger partial charge in [-0.15, -0.1) is 11.3 Å². The minimum Gasteiger partial charge on any atom is -0.347 e. The average Bonchev–Trinajstić information content (AvgIpc) is 3.14. The first-order valence-electron chi connectivity index (χ1n) is 6.06. The second-order valence-electron chi connectivity index (χ2n) is 4.45. The van der Waals surface area contributed by atoms with Crippen molar-refractivity contribution in [2.24, 2.45) is 5.84 Å². The lowest BCUT2D eigenvalue weighted by atomic mass is 10.3. The fourth-order valence-electron chi connectivity index (χ4n) is 1.96. The SMILES string of the molecule is NNc1ncc(Br)c(N(Cc2cccs2)C2CC2)n1. The summed E-state index contributed by atoms with van der Waals surface area (Å²) in [5, 5.41) is 2.10. The van der Waals surface area contributed by atoms with E-state index in [1.54, 1.807) is 17.5 Å². The summed E-state index contributed by atoms with van der Waals surface area (Å²) in [6.45, 7) is 0.877. The molecule has 2 aromatic rings. The van der Waals surface area contributed by atoms with Gasteiger partial charge in [0, 0.05) is 17.1 Å². The van der Waals surface area contributed by atoms with Gasteiger partial charge >= 0.3 is 0 Å². The molecule has 3 rings (SSSR count). The second-order valence-corrected chi connectivity index (χ2v) is 6.33. The Labute approximate surface area is 124 Å². The molecule has 1 saturated carbocycles. The van der Waals surface area contributed by atoms with Crippen LogP contribution in [0.1, 0.15) is 17.7 Å². The predicted octanol–water partition coefficient (Wildman–Crippen LogP) is 2.76. The maximum atomic E-state index is 5.39. The van der Waals surface area contributed by atoms with Crippen molar-refractivity contribution in [3.63, 3.8) is 0 Å². The van der Waals surface area contributed by atoms with Crippen LogP contribution >= 0.6 is 27.3 Å². The molecule has 0 spiro atoms. The third-order valence-corrected chi connectivity index (χ3v) is 4.44. The van der Waals surface area contributed by atoms with E-state index in [9.17, 15) is 0 Å². The molecule has 0 radical (unpaired) electrons. The molecule has 7 heteroatoms. The summed E-state index contributed by atoms with van der Waals surface area (Å²) in [4.78, 5) is 12.2. The summed E-state index contributed by atoms with van der Waals surface area (Å²) < 4.78 is 0.898. The molecule has 0 aliphatic heterocycles. The Hall–Kier alpha value is -1.18. The van der Waals surface area contributed by atoms with Crippen LogP contribution in [0.5, 0.6) is 0 Å². The highest BCUT2D eigenvalue weighted by atomic mass is 79.9. The van der Waals surface area contributed by atoms with Gasteiger partial charge in [0.05, 0.1) is 11.0 Å². The molecule has 2 heterocycles. The van der Waals surface area contributed by atoms with Crippen molar-refractivity contribution in [1.29, 1.82) is 0 Å². The Morgan fingerprint density at radius 3 is 3.00 bits per heavy atom. The highest BCUT2D eigenvalue weighted by molar-refractivity contribution is 9.10. The van der Waals surface area contributed by atoms with Gasteiger partial charge in [-0.05, 0) is 40.2 Å². The van der Waals surface area contributed by atoms with Crippen molar-refractivity contribution in [2.75, 3.05) is 10.3 Å². The number of hydrogen-bond acceptors (Lipinski definition) is 6. The van der Waals surface area contributed by atoms with Crippen molar-refractivity contribution < 1.29 is 0 Å². The topological polar surface area (TPSA) is 67.1 Å². The number of hydrogen-bond donors (Lipinski definition) is 2. The van der Waals surface area contributed by atoms with E-state index < -0.39 is 0 Å². The number of halogens is 1. The molecule has 0 saturated heterocycles. The van der Waals surface area contributed by atoms with Crippen LogP contribution in [0.3, 0.4) is 0 Å². The minimum atomic E-state index is 0.440. The largest absolute Gasteiger partial charge is 0.347 e. The zero-order valence-corrected chi connectivity index (χ0v) is 12.6. The van der Waals surface area contributed by atoms with Crippen molar-refractivity contribution >= 4 is 39.0 Å². The van der Waals surface area contributed by atoms with Crippen molar-refractivity contribution in [1.82, 2.24) is 9.97 Å². The maximum Gasteiger partial charge on any atom is 0.239 e. The molecule has 0 amide bonds. The van der Waals surface area contributed by atoms with Crippen LogP contribution in [0.4, 0.5) is 11.8 Å². The van der Waals surface area contributed by atoms with E-state index >= 15 is 0 Å². The fraction of sp³-hybridized carbons (Fsp3) is 0.333. The molecular formula is C12H14BrN5S. The Bertz CT molecular complexity index is 555. The molecule has 1 aliphatic carbocycles. The second kappa shape index (κ2) is 5.44. The molecule has 1 fully saturated rings. The fourth-order valence-corrected chi connectivity index (χ4v) is 3.08. The summed E-state index contributed by atoms with van der Waals surface area (Å²) in [7, 11) is 0. The first kappa shape index (κ1) is 12.8. The van der Waals surface area contributed by atoms with Crippen molar-refractivity contribution in [3.8, 4) is 0 Å². The molecule has 2 aromatic heterocycles. The number of anilines is 2. The Kier molecular flexibility index (Phi) is 3.67. The van der Waals surface area contributed by atoms with Crippen LogP contribution < -0.4 is 16.2 Å². The van der Waals surface area contributed by atoms with Gasteiger partial charge in [0.15, 0.2) is 0 Å². The molecule has 5 nitrogen and oxygen atoms in total. The van der Waals surface area contributed by atoms with Crippen LogP contribution in [0.15, 0.2) is 28.2 Å². The zero-order chi connectivity index (χ0) is 13.2. The molecule has 0 atom stereocenters. The minimum absolute atomic E-state index is 0.440. The number of aromatic nitrogens is 2. The maximum absolute atomic E-state index is 5.39. The number of hydrazine groups is 1. The predicted molar refractivity (Wildman–Crippen MR) is 81.1 cm³/mol. The number of nitrogens with two attached hydrogens (primary N) is 1. The standard InChI is InChI=1S/C12H14BrN5S/c13-10-6-15-12(17-14)16-11(10)18(8-3-4-8)7-9-2-1-5-19-9/h1-2,5-6,8H,3-4,7,14H2,(H,15,16,17). The summed E-state index contributed by atoms with van der Waals surface area (Å²) in [5.41, 5.74) is 2.50. The van der Waals surface area contributed by atoms with E-state index in [-0.39, 0.29) is 0 Å². The lowest BCUT2D eigenvalue weighted by Gasteiger charge is -2.24. The number of rotatable bonds is 5. The quantitative estimate of drug-likeness (QED) is 0.647. The molecule has 19 heavy (non-hydrogen) atoms. The summed E-state index contributed by atoms with van der Waals surface area (Å²) >= 11 is 5.29. The molecule has 0 unspecified atom stereocenters. The number of nitrogen functional groups attached to an aromatic ring is 1. The van der Waals surface area contributed by atoms with E-state index in [1.807, 2.05) is 0 Å². The Morgan fingerprint density at radius 1 is 1.53 bits per heavy atom. The van der Waals surface area contributed by atoms with Crippen LogP contribution in [0.25, 0.3) is 0 Å². The molecule has 3 N–H and O–H groups in total. The lowest BCUT2D eigenvalue weighted by Crippen LogP contribution is -2.26. The van der Waals surface area contributed by atoms with E-state index in [2.05, 4.69) is 53.7 Å². The van der Waals surface area contributed by atoms with Gasteiger partial charge in [0.1, 0.15) is 5.82 Å². The van der Waals surface area contributed by atoms with Gasteiger partial charge < -0.3 is 4.90 Å². The van der Waals surface area contributed by atoms with Crippen LogP contribution in [-0.2, 0) is 6.54 Å². The number of nitrogens with zero attached hydrogens (tertiary/aromatic N) is 3. The zero-order valence-electron chi connectivity index (χ0n) is 10.2. The molecule has 0 aromatic carbocycles. The van der Waals surface area contributed by atoms with Gasteiger partial charge in [0.2, 0.25) is 5.95 Å². The first-order chi connectivity index (χ1) is 9.28. The molecule has 0 bridgehead atoms. The molecule has 1 aliphatic rings. The smallest absolute Gasteiger partial charge is 0.239 e. The van der Waals surface area contributed by atoms with Crippen LogP contribution in [0, 0.1) is 0 Å². The van der Waals surface area contributed by atoms with Crippen molar-refractivity contribution in [2.45, 2.75) is 25.4 Å². The monoisotopic (exact) mass is 339 g/mol. The number of thiophene rings is 1. The van der Waals surface area contributed by atoms with E-state index in [0.29, 0.717) is 12.0 Å². The summed E-state index contributed by atoms with van der Waals surface area (Å²) in [6, 6.07) is 4.79. The normalized spacial score (nSPS) is 14.4. The van der Waals surface area contributed by atoms with Gasteiger partial charge in [-0.1, -0.05) is 6.07 Å². The van der Waals surface area contributed by atoms with Gasteiger partial charge in [-0.3, -0.25) is 5.43 Å². The van der Waals surface area contributed by atoms with Crippen LogP contribution in [-0.4, -0.2) is 16.0 Å². The Morgan fingerprint density at radius 2 is 2.37 bits per heavy atom. The number of nitrogens with one attached hydrogen (secondary N) is 1. The molecule has 100 valence electrons. The third-order valence-electron chi connectivity index (χ3n) is 3.02.